The van der Waals surface area contributed by atoms with Crippen LogP contribution in [-0.4, -0.2) is 59.6 Å². The topological polar surface area (TPSA) is 55.8 Å². The zero-order valence-corrected chi connectivity index (χ0v) is 30.2. The number of unbranched alkanes of at least 4 members (excludes halogenated alkanes) is 18. The van der Waals surface area contributed by atoms with Crippen molar-refractivity contribution in [3.63, 3.8) is 0 Å². The Kier molecular flexibility index (Phi) is 23.7. The molecule has 1 saturated heterocycles. The molecule has 1 heterocycles. The molecule has 0 aromatic heterocycles. The van der Waals surface area contributed by atoms with Gasteiger partial charge in [0.25, 0.3) is 0 Å². The summed E-state index contributed by atoms with van der Waals surface area (Å²) >= 11 is 4.26. The maximum absolute atomic E-state index is 12.6. The lowest BCUT2D eigenvalue weighted by atomic mass is 9.78. The molecule has 260 valence electrons. The van der Waals surface area contributed by atoms with Crippen molar-refractivity contribution >= 4 is 24.6 Å². The third-order valence-corrected chi connectivity index (χ3v) is 9.66. The van der Waals surface area contributed by atoms with E-state index in [0.717, 1.165) is 57.1 Å². The van der Waals surface area contributed by atoms with Crippen molar-refractivity contribution < 1.29 is 23.5 Å². The molecule has 0 radical (unpaired) electrons. The van der Waals surface area contributed by atoms with E-state index in [2.05, 4.69) is 45.2 Å². The van der Waals surface area contributed by atoms with E-state index in [9.17, 15) is 14.0 Å². The second-order valence-corrected chi connectivity index (χ2v) is 14.9. The first kappa shape index (κ1) is 41.2. The number of likely N-dealkylation sites (tertiary alicyclic amines) is 1. The van der Waals surface area contributed by atoms with Crippen LogP contribution in [0.4, 0.5) is 4.39 Å². The number of carbonyl (C=O) groups excluding carboxylic acids is 2. The highest BCUT2D eigenvalue weighted by Gasteiger charge is 2.46. The van der Waals surface area contributed by atoms with Gasteiger partial charge in [0, 0.05) is 43.3 Å². The van der Waals surface area contributed by atoms with Crippen LogP contribution in [0, 0.1) is 0 Å². The van der Waals surface area contributed by atoms with Crippen LogP contribution in [0.15, 0.2) is 0 Å². The summed E-state index contributed by atoms with van der Waals surface area (Å²) in [4.78, 5) is 27.4. The van der Waals surface area contributed by atoms with Crippen molar-refractivity contribution in [3.05, 3.63) is 0 Å². The number of esters is 2. The summed E-state index contributed by atoms with van der Waals surface area (Å²) in [6, 6.07) is 0. The lowest BCUT2D eigenvalue weighted by molar-refractivity contribution is -0.163. The van der Waals surface area contributed by atoms with Gasteiger partial charge in [-0.2, -0.15) is 12.6 Å². The number of piperidine rings is 1. The van der Waals surface area contributed by atoms with Gasteiger partial charge in [-0.25, -0.2) is 0 Å². The molecule has 1 fully saturated rings. The number of hydrogen-bond donors (Lipinski definition) is 1. The van der Waals surface area contributed by atoms with Crippen molar-refractivity contribution in [1.29, 1.82) is 0 Å². The van der Waals surface area contributed by atoms with Crippen LogP contribution in [-0.2, 0) is 19.1 Å². The highest BCUT2D eigenvalue weighted by molar-refractivity contribution is 7.80. The highest BCUT2D eigenvalue weighted by atomic mass is 32.1. The predicted molar refractivity (Wildman–Crippen MR) is 186 cm³/mol. The van der Waals surface area contributed by atoms with E-state index in [1.54, 1.807) is 0 Å². The molecule has 1 aliphatic heterocycles. The molecule has 0 saturated carbocycles. The van der Waals surface area contributed by atoms with Gasteiger partial charge in [0.2, 0.25) is 0 Å². The summed E-state index contributed by atoms with van der Waals surface area (Å²) in [6.07, 6.45) is 25.7. The standard InChI is InChI=1S/C37H70FNO4S/c1-36(2)31-33(43-35(41)26-22-18-14-10-5-7-11-15-19-23-27-38)32-37(3,4)39(36)28-29-42-34(40)25-21-17-13-9-6-8-12-16-20-24-30-44/h33,44H,5-32H2,1-4H3. The number of halogens is 1. The second kappa shape index (κ2) is 25.3. The second-order valence-electron chi connectivity index (χ2n) is 14.5. The zero-order chi connectivity index (χ0) is 32.5. The molecule has 5 nitrogen and oxygen atoms in total. The smallest absolute Gasteiger partial charge is 0.306 e. The number of thiol groups is 1. The van der Waals surface area contributed by atoms with Gasteiger partial charge in [-0.05, 0) is 59.1 Å². The average molecular weight is 644 g/mol. The molecular formula is C37H70FNO4S. The minimum absolute atomic E-state index is 0.0724. The molecule has 0 bridgehead atoms. The summed E-state index contributed by atoms with van der Waals surface area (Å²) in [5.74, 6) is 0.847. The molecule has 0 aliphatic carbocycles. The van der Waals surface area contributed by atoms with Gasteiger partial charge in [0.1, 0.15) is 12.7 Å². The van der Waals surface area contributed by atoms with Crippen molar-refractivity contribution in [3.8, 4) is 0 Å². The Bertz CT molecular complexity index is 714. The van der Waals surface area contributed by atoms with Crippen LogP contribution in [0.3, 0.4) is 0 Å². The van der Waals surface area contributed by atoms with Gasteiger partial charge in [-0.15, -0.1) is 0 Å². The average Bonchev–Trinajstić information content (AvgIpc) is 2.95. The molecule has 44 heavy (non-hydrogen) atoms. The summed E-state index contributed by atoms with van der Waals surface area (Å²) in [7, 11) is 0. The first-order valence-electron chi connectivity index (χ1n) is 18.4. The number of rotatable bonds is 28. The lowest BCUT2D eigenvalue weighted by Crippen LogP contribution is -2.63. The molecule has 1 rings (SSSR count). The molecule has 1 aliphatic rings. The molecule has 7 heteroatoms. The molecule has 0 atom stereocenters. The quantitative estimate of drug-likeness (QED) is 0.0522. The van der Waals surface area contributed by atoms with Gasteiger partial charge < -0.3 is 9.47 Å². The van der Waals surface area contributed by atoms with Crippen LogP contribution in [0.1, 0.15) is 182 Å². The van der Waals surface area contributed by atoms with Crippen LogP contribution < -0.4 is 0 Å². The Hall–Kier alpha value is -0.820. The van der Waals surface area contributed by atoms with Gasteiger partial charge in [0.15, 0.2) is 0 Å². The van der Waals surface area contributed by atoms with Gasteiger partial charge in [0.05, 0.1) is 6.67 Å². The Morgan fingerprint density at radius 3 is 1.45 bits per heavy atom. The van der Waals surface area contributed by atoms with E-state index in [1.165, 1.54) is 83.5 Å². The van der Waals surface area contributed by atoms with E-state index < -0.39 is 0 Å². The van der Waals surface area contributed by atoms with Crippen LogP contribution in [0.2, 0.25) is 0 Å². The minimum atomic E-state index is -0.186. The number of hydrogen-bond acceptors (Lipinski definition) is 6. The van der Waals surface area contributed by atoms with Gasteiger partial charge in [-0.1, -0.05) is 103 Å². The fourth-order valence-corrected chi connectivity index (χ4v) is 7.28. The maximum Gasteiger partial charge on any atom is 0.306 e. The third-order valence-electron chi connectivity index (χ3n) is 9.35. The fraction of sp³-hybridized carbons (Fsp3) is 0.946. The normalized spacial score (nSPS) is 16.7. The van der Waals surface area contributed by atoms with E-state index in [4.69, 9.17) is 9.47 Å². The largest absolute Gasteiger partial charge is 0.464 e. The first-order chi connectivity index (χ1) is 21.1. The molecule has 0 amide bonds. The number of alkyl halides is 1. The van der Waals surface area contributed by atoms with E-state index in [0.29, 0.717) is 32.4 Å². The molecule has 0 spiro atoms. The summed E-state index contributed by atoms with van der Waals surface area (Å²) in [6.45, 7) is 9.74. The third kappa shape index (κ3) is 20.3. The first-order valence-corrected chi connectivity index (χ1v) is 19.1. The Morgan fingerprint density at radius 1 is 0.636 bits per heavy atom. The van der Waals surface area contributed by atoms with Crippen LogP contribution in [0.5, 0.6) is 0 Å². The number of nitrogens with zero attached hydrogens (tertiary/aromatic N) is 1. The molecule has 0 unspecified atom stereocenters. The molecule has 0 aromatic rings. The van der Waals surface area contributed by atoms with Crippen molar-refractivity contribution in [2.75, 3.05) is 25.6 Å². The Balaban J connectivity index is 2.17. The summed E-state index contributed by atoms with van der Waals surface area (Å²) in [5, 5.41) is 0. The predicted octanol–water partition coefficient (Wildman–Crippen LogP) is 10.6. The SMILES string of the molecule is CC1(C)CC(OC(=O)CCCCCCCCCCCCF)CC(C)(C)N1CCOC(=O)CCCCCCCCCCCCS. The lowest BCUT2D eigenvalue weighted by Gasteiger charge is -2.54. The van der Waals surface area contributed by atoms with E-state index >= 15 is 0 Å². The summed E-state index contributed by atoms with van der Waals surface area (Å²) in [5.41, 5.74) is -0.310. The van der Waals surface area contributed by atoms with Crippen LogP contribution >= 0.6 is 12.6 Å². The fourth-order valence-electron chi connectivity index (χ4n) is 7.06. The number of carbonyl (C=O) groups is 2. The molecule has 0 N–H and O–H groups in total. The molecular weight excluding hydrogens is 573 g/mol. The number of ether oxygens (including phenoxy) is 2. The maximum atomic E-state index is 12.6. The zero-order valence-electron chi connectivity index (χ0n) is 29.3. The Morgan fingerprint density at radius 2 is 1.02 bits per heavy atom. The van der Waals surface area contributed by atoms with Crippen molar-refractivity contribution in [1.82, 2.24) is 4.90 Å². The van der Waals surface area contributed by atoms with Gasteiger partial charge >= 0.3 is 11.9 Å². The molecule has 0 aromatic carbocycles. The Labute approximate surface area is 277 Å². The van der Waals surface area contributed by atoms with Crippen LogP contribution in [0.25, 0.3) is 0 Å². The highest BCUT2D eigenvalue weighted by Crippen LogP contribution is 2.39. The minimum Gasteiger partial charge on any atom is -0.464 e. The summed E-state index contributed by atoms with van der Waals surface area (Å²) < 4.78 is 23.7. The monoisotopic (exact) mass is 644 g/mol. The van der Waals surface area contributed by atoms with Gasteiger partial charge in [-0.3, -0.25) is 18.9 Å². The van der Waals surface area contributed by atoms with E-state index in [1.807, 2.05) is 0 Å². The van der Waals surface area contributed by atoms with Crippen molar-refractivity contribution in [2.24, 2.45) is 0 Å². The van der Waals surface area contributed by atoms with Crippen molar-refractivity contribution in [2.45, 2.75) is 199 Å². The van der Waals surface area contributed by atoms with E-state index in [-0.39, 0.29) is 35.8 Å².